The van der Waals surface area contributed by atoms with Crippen LogP contribution in [0.25, 0.3) is 0 Å². The molecule has 0 radical (unpaired) electrons. The Morgan fingerprint density at radius 2 is 1.66 bits per heavy atom. The van der Waals surface area contributed by atoms with Crippen LogP contribution in [-0.2, 0) is 9.59 Å². The molecule has 0 saturated carbocycles. The van der Waals surface area contributed by atoms with Crippen LogP contribution < -0.4 is 15.5 Å². The van der Waals surface area contributed by atoms with Crippen molar-refractivity contribution in [1.82, 2.24) is 10.2 Å². The Balaban J connectivity index is 1.32. The van der Waals surface area contributed by atoms with Crippen LogP contribution in [0.3, 0.4) is 0 Å². The van der Waals surface area contributed by atoms with E-state index in [1.54, 1.807) is 11.8 Å². The zero-order chi connectivity index (χ0) is 24.9. The Bertz CT molecular complexity index is 1070. The van der Waals surface area contributed by atoms with Crippen molar-refractivity contribution in [3.8, 4) is 0 Å². The van der Waals surface area contributed by atoms with Gasteiger partial charge in [0.05, 0.1) is 5.92 Å². The number of nitrogens with one attached hydrogen (secondary N) is 2. The van der Waals surface area contributed by atoms with Gasteiger partial charge in [0.1, 0.15) is 6.04 Å². The van der Waals surface area contributed by atoms with Crippen LogP contribution in [0.1, 0.15) is 54.1 Å². The number of carbonyl (C=O) groups is 3. The molecule has 2 N–H and O–H groups in total. The topological polar surface area (TPSA) is 81.8 Å². The van der Waals surface area contributed by atoms with Gasteiger partial charge in [0, 0.05) is 43.1 Å². The number of amides is 3. The van der Waals surface area contributed by atoms with Crippen molar-refractivity contribution in [2.45, 2.75) is 52.5 Å². The second-order valence-corrected chi connectivity index (χ2v) is 9.93. The first kappa shape index (κ1) is 24.8. The molecule has 7 nitrogen and oxygen atoms in total. The quantitative estimate of drug-likeness (QED) is 0.663. The Morgan fingerprint density at radius 1 is 0.943 bits per heavy atom. The van der Waals surface area contributed by atoms with Crippen molar-refractivity contribution >= 4 is 29.1 Å². The molecule has 0 spiro atoms. The monoisotopic (exact) mass is 476 g/mol. The van der Waals surface area contributed by atoms with E-state index in [1.165, 1.54) is 12.8 Å². The largest absolute Gasteiger partial charge is 0.371 e. The summed E-state index contributed by atoms with van der Waals surface area (Å²) in [5.74, 6) is -0.808. The summed E-state index contributed by atoms with van der Waals surface area (Å²) in [4.78, 5) is 42.9. The van der Waals surface area contributed by atoms with E-state index >= 15 is 0 Å². The van der Waals surface area contributed by atoms with E-state index in [0.29, 0.717) is 25.1 Å². The number of likely N-dealkylation sites (tertiary alicyclic amines) is 1. The number of nitrogens with zero attached hydrogens (tertiary/aromatic N) is 2. The molecular formula is C28H36N4O3. The maximum Gasteiger partial charge on any atom is 0.253 e. The molecule has 2 fully saturated rings. The van der Waals surface area contributed by atoms with E-state index in [0.717, 1.165) is 42.0 Å². The molecule has 2 aliphatic rings. The summed E-state index contributed by atoms with van der Waals surface area (Å²) in [6.07, 6.45) is 3.84. The highest BCUT2D eigenvalue weighted by Gasteiger charge is 2.30. The van der Waals surface area contributed by atoms with Gasteiger partial charge in [0.15, 0.2) is 0 Å². The number of hydrogen-bond acceptors (Lipinski definition) is 4. The van der Waals surface area contributed by atoms with Gasteiger partial charge in [-0.1, -0.05) is 23.3 Å². The number of hydrogen-bond donors (Lipinski definition) is 2. The van der Waals surface area contributed by atoms with Crippen molar-refractivity contribution < 1.29 is 14.4 Å². The molecule has 2 aromatic carbocycles. The van der Waals surface area contributed by atoms with Crippen molar-refractivity contribution in [2.24, 2.45) is 5.92 Å². The lowest BCUT2D eigenvalue weighted by atomic mass is 9.95. The van der Waals surface area contributed by atoms with Crippen LogP contribution in [0.5, 0.6) is 0 Å². The Hall–Kier alpha value is -3.35. The lowest BCUT2D eigenvalue weighted by Gasteiger charge is -2.32. The molecule has 0 aliphatic carbocycles. The minimum atomic E-state index is -0.677. The van der Waals surface area contributed by atoms with E-state index < -0.39 is 6.04 Å². The maximum atomic E-state index is 13.1. The maximum absolute atomic E-state index is 13.1. The van der Waals surface area contributed by atoms with Gasteiger partial charge < -0.3 is 20.4 Å². The molecule has 2 saturated heterocycles. The van der Waals surface area contributed by atoms with Gasteiger partial charge in [-0.05, 0) is 76.8 Å². The van der Waals surface area contributed by atoms with E-state index in [1.807, 2.05) is 50.2 Å². The number of rotatable bonds is 6. The van der Waals surface area contributed by atoms with E-state index in [2.05, 4.69) is 21.6 Å². The van der Waals surface area contributed by atoms with E-state index in [4.69, 9.17) is 0 Å². The van der Waals surface area contributed by atoms with Gasteiger partial charge in [-0.15, -0.1) is 0 Å². The molecule has 0 bridgehead atoms. The predicted octanol–water partition coefficient (Wildman–Crippen LogP) is 3.90. The summed E-state index contributed by atoms with van der Waals surface area (Å²) in [5, 5.41) is 5.79. The summed E-state index contributed by atoms with van der Waals surface area (Å²) in [6.45, 7) is 8.72. The summed E-state index contributed by atoms with van der Waals surface area (Å²) >= 11 is 0. The van der Waals surface area contributed by atoms with Gasteiger partial charge in [0.2, 0.25) is 11.8 Å². The fourth-order valence-electron chi connectivity index (χ4n) is 5.06. The molecule has 186 valence electrons. The number of piperidine rings is 1. The standard InChI is InChI=1S/C28H36N4O3/c1-19-14-20(2)16-23(15-19)28(35)32-13-7-8-22(18-32)27(34)29-21(3)26(33)30-24-9-6-10-25(17-24)31-11-4-5-12-31/h6,9-10,14-17,21-22H,4-5,7-8,11-13,18H2,1-3H3,(H,29,34)(H,30,33). The summed E-state index contributed by atoms with van der Waals surface area (Å²) < 4.78 is 0. The lowest BCUT2D eigenvalue weighted by Crippen LogP contribution is -2.49. The molecule has 0 aromatic heterocycles. The SMILES string of the molecule is Cc1cc(C)cc(C(=O)N2CCCC(C(=O)NC(C)C(=O)Nc3cccc(N4CCCC4)c3)C2)c1. The fraction of sp³-hybridized carbons (Fsp3) is 0.464. The first-order valence-electron chi connectivity index (χ1n) is 12.6. The van der Waals surface area contributed by atoms with Gasteiger partial charge in [-0.25, -0.2) is 0 Å². The minimum absolute atomic E-state index is 0.0435. The summed E-state index contributed by atoms with van der Waals surface area (Å²) in [7, 11) is 0. The number of carbonyl (C=O) groups excluding carboxylic acids is 3. The predicted molar refractivity (Wildman–Crippen MR) is 139 cm³/mol. The number of anilines is 2. The lowest BCUT2D eigenvalue weighted by molar-refractivity contribution is -0.130. The van der Waals surface area contributed by atoms with Gasteiger partial charge in [-0.2, -0.15) is 0 Å². The zero-order valence-electron chi connectivity index (χ0n) is 21.0. The summed E-state index contributed by atoms with van der Waals surface area (Å²) in [5.41, 5.74) is 4.58. The second-order valence-electron chi connectivity index (χ2n) is 9.93. The molecule has 7 heteroatoms. The van der Waals surface area contributed by atoms with Gasteiger partial charge >= 0.3 is 0 Å². The normalized spacial score (nSPS) is 18.8. The second kappa shape index (κ2) is 10.9. The van der Waals surface area contributed by atoms with Crippen LogP contribution in [0.15, 0.2) is 42.5 Å². The van der Waals surface area contributed by atoms with Crippen LogP contribution in [0.2, 0.25) is 0 Å². The van der Waals surface area contributed by atoms with Crippen molar-refractivity contribution in [3.05, 3.63) is 59.2 Å². The third kappa shape index (κ3) is 6.21. The molecule has 3 amide bonds. The van der Waals surface area contributed by atoms with Crippen LogP contribution in [0.4, 0.5) is 11.4 Å². The van der Waals surface area contributed by atoms with Crippen molar-refractivity contribution in [2.75, 3.05) is 36.4 Å². The first-order valence-corrected chi connectivity index (χ1v) is 12.6. The molecule has 2 heterocycles. The third-order valence-corrected chi connectivity index (χ3v) is 6.88. The fourth-order valence-corrected chi connectivity index (χ4v) is 5.06. The van der Waals surface area contributed by atoms with Crippen LogP contribution >= 0.6 is 0 Å². The van der Waals surface area contributed by atoms with Crippen molar-refractivity contribution in [3.63, 3.8) is 0 Å². The highest BCUT2D eigenvalue weighted by molar-refractivity contribution is 5.98. The molecule has 2 aliphatic heterocycles. The molecule has 2 atom stereocenters. The van der Waals surface area contributed by atoms with Crippen molar-refractivity contribution in [1.29, 1.82) is 0 Å². The highest BCUT2D eigenvalue weighted by Crippen LogP contribution is 2.24. The first-order chi connectivity index (χ1) is 16.8. The van der Waals surface area contributed by atoms with Crippen LogP contribution in [-0.4, -0.2) is 54.8 Å². The average Bonchev–Trinajstić information content (AvgIpc) is 3.38. The molecular weight excluding hydrogens is 440 g/mol. The van der Waals surface area contributed by atoms with Crippen LogP contribution in [0, 0.1) is 19.8 Å². The van der Waals surface area contributed by atoms with Gasteiger partial charge in [-0.3, -0.25) is 14.4 Å². The molecule has 2 unspecified atom stereocenters. The third-order valence-electron chi connectivity index (χ3n) is 6.88. The average molecular weight is 477 g/mol. The number of aryl methyl sites for hydroxylation is 2. The molecule has 2 aromatic rings. The van der Waals surface area contributed by atoms with E-state index in [-0.39, 0.29) is 23.6 Å². The summed E-state index contributed by atoms with van der Waals surface area (Å²) in [6, 6.07) is 13.0. The minimum Gasteiger partial charge on any atom is -0.371 e. The highest BCUT2D eigenvalue weighted by atomic mass is 16.2. The number of benzene rings is 2. The zero-order valence-corrected chi connectivity index (χ0v) is 21.0. The Kier molecular flexibility index (Phi) is 7.73. The van der Waals surface area contributed by atoms with E-state index in [9.17, 15) is 14.4 Å². The Labute approximate surface area is 207 Å². The van der Waals surface area contributed by atoms with Gasteiger partial charge in [0.25, 0.3) is 5.91 Å². The molecule has 35 heavy (non-hydrogen) atoms. The molecule has 4 rings (SSSR count). The smallest absolute Gasteiger partial charge is 0.253 e. The Morgan fingerprint density at radius 3 is 2.37 bits per heavy atom.